The second kappa shape index (κ2) is 7.37. The molecule has 1 saturated heterocycles. The Morgan fingerprint density at radius 2 is 2.00 bits per heavy atom. The summed E-state index contributed by atoms with van der Waals surface area (Å²) in [5, 5.41) is 6.04. The minimum Gasteiger partial charge on any atom is -0.356 e. The molecule has 1 aliphatic heterocycles. The number of nitrogens with zero attached hydrogens (tertiary/aromatic N) is 4. The minimum atomic E-state index is -0.217. The highest BCUT2D eigenvalue weighted by atomic mass is 32.1. The Balaban J connectivity index is 1.54. The van der Waals surface area contributed by atoms with Crippen molar-refractivity contribution in [2.45, 2.75) is 26.2 Å². The second-order valence-electron chi connectivity index (χ2n) is 6.48. The largest absolute Gasteiger partial charge is 0.356 e. The Morgan fingerprint density at radius 3 is 2.77 bits per heavy atom. The first-order valence-corrected chi connectivity index (χ1v) is 9.78. The molecule has 3 aromatic rings. The average Bonchev–Trinajstić information content (AvgIpc) is 3.32. The van der Waals surface area contributed by atoms with E-state index >= 15 is 0 Å². The number of hydrogen-bond donors (Lipinski definition) is 1. The van der Waals surface area contributed by atoms with Crippen molar-refractivity contribution in [2.75, 3.05) is 24.5 Å². The molecule has 1 fully saturated rings. The van der Waals surface area contributed by atoms with Crippen LogP contribution in [0.2, 0.25) is 0 Å². The van der Waals surface area contributed by atoms with Gasteiger partial charge >= 0.3 is 0 Å². The number of hydrogen-bond acceptors (Lipinski definition) is 6. The molecule has 0 atom stereocenters. The second-order valence-corrected chi connectivity index (χ2v) is 7.56. The molecule has 0 radical (unpaired) electrons. The number of amides is 1. The number of carbonyl (C=O) groups is 1. The number of anilines is 1. The van der Waals surface area contributed by atoms with Crippen LogP contribution in [0.25, 0.3) is 10.9 Å². The van der Waals surface area contributed by atoms with Crippen molar-refractivity contribution in [2.24, 2.45) is 0 Å². The van der Waals surface area contributed by atoms with Gasteiger partial charge in [-0.2, -0.15) is 0 Å². The lowest BCUT2D eigenvalue weighted by Crippen LogP contribution is -2.29. The van der Waals surface area contributed by atoms with Crippen molar-refractivity contribution in [3.63, 3.8) is 0 Å². The van der Waals surface area contributed by atoms with Gasteiger partial charge in [-0.25, -0.2) is 9.97 Å². The van der Waals surface area contributed by atoms with Crippen LogP contribution >= 0.6 is 11.3 Å². The van der Waals surface area contributed by atoms with Gasteiger partial charge in [-0.15, -0.1) is 11.3 Å². The van der Waals surface area contributed by atoms with Crippen molar-refractivity contribution in [1.82, 2.24) is 20.3 Å². The maximum Gasteiger partial charge on any atom is 0.289 e. The third-order valence-electron chi connectivity index (χ3n) is 4.67. The van der Waals surface area contributed by atoms with E-state index in [4.69, 9.17) is 0 Å². The van der Waals surface area contributed by atoms with Gasteiger partial charge in [-0.3, -0.25) is 9.78 Å². The van der Waals surface area contributed by atoms with E-state index in [9.17, 15) is 4.79 Å². The lowest BCUT2D eigenvalue weighted by atomic mass is 10.2. The van der Waals surface area contributed by atoms with Crippen LogP contribution in [0.5, 0.6) is 0 Å². The number of pyridine rings is 1. The number of aryl methyl sites for hydroxylation is 1. The molecule has 0 aliphatic carbocycles. The average molecular weight is 367 g/mol. The lowest BCUT2D eigenvalue weighted by molar-refractivity contribution is 0.0944. The molecule has 0 saturated carbocycles. The van der Waals surface area contributed by atoms with Gasteiger partial charge in [0, 0.05) is 42.3 Å². The van der Waals surface area contributed by atoms with Gasteiger partial charge in [-0.05, 0) is 43.9 Å². The molecule has 134 valence electrons. The minimum absolute atomic E-state index is 0.217. The zero-order chi connectivity index (χ0) is 17.9. The highest BCUT2D eigenvalue weighted by Crippen LogP contribution is 2.33. The fourth-order valence-electron chi connectivity index (χ4n) is 3.30. The fourth-order valence-corrected chi connectivity index (χ4v) is 4.07. The van der Waals surface area contributed by atoms with Crippen LogP contribution in [0.1, 0.15) is 33.9 Å². The molecule has 0 spiro atoms. The molecule has 4 rings (SSSR count). The molecule has 7 heteroatoms. The summed E-state index contributed by atoms with van der Waals surface area (Å²) >= 11 is 1.66. The molecule has 26 heavy (non-hydrogen) atoms. The van der Waals surface area contributed by atoms with Gasteiger partial charge < -0.3 is 10.2 Å². The summed E-state index contributed by atoms with van der Waals surface area (Å²) in [6, 6.07) is 3.91. The maximum absolute atomic E-state index is 12.6. The molecule has 0 bridgehead atoms. The smallest absolute Gasteiger partial charge is 0.289 e. The summed E-state index contributed by atoms with van der Waals surface area (Å²) in [6.45, 7) is 4.62. The van der Waals surface area contributed by atoms with E-state index in [1.54, 1.807) is 23.7 Å². The highest BCUT2D eigenvalue weighted by Gasteiger charge is 2.22. The summed E-state index contributed by atoms with van der Waals surface area (Å²) in [4.78, 5) is 29.2. The Kier molecular flexibility index (Phi) is 4.79. The number of thiophene rings is 1. The van der Waals surface area contributed by atoms with Crippen LogP contribution < -0.4 is 10.2 Å². The summed E-state index contributed by atoms with van der Waals surface area (Å²) < 4.78 is 0. The van der Waals surface area contributed by atoms with E-state index in [1.165, 1.54) is 17.7 Å². The summed E-state index contributed by atoms with van der Waals surface area (Å²) in [7, 11) is 0. The number of aromatic nitrogens is 3. The van der Waals surface area contributed by atoms with Crippen LogP contribution in [0, 0.1) is 6.92 Å². The van der Waals surface area contributed by atoms with E-state index < -0.39 is 0 Å². The first-order chi connectivity index (χ1) is 12.7. The van der Waals surface area contributed by atoms with Crippen LogP contribution in [0.15, 0.2) is 29.9 Å². The molecule has 0 unspecified atom stereocenters. The van der Waals surface area contributed by atoms with Crippen LogP contribution in [0.3, 0.4) is 0 Å². The van der Waals surface area contributed by atoms with Crippen molar-refractivity contribution < 1.29 is 4.79 Å². The van der Waals surface area contributed by atoms with E-state index in [2.05, 4.69) is 32.1 Å². The third-order valence-corrected chi connectivity index (χ3v) is 5.57. The SMILES string of the molecule is Cc1scc2nc(C(=O)NCCc3ccncc3)nc(N3CCCC3)c12. The van der Waals surface area contributed by atoms with Crippen molar-refractivity contribution in [3.8, 4) is 0 Å². The molecule has 1 N–H and O–H groups in total. The van der Waals surface area contributed by atoms with Gasteiger partial charge in [0.25, 0.3) is 5.91 Å². The quantitative estimate of drug-likeness (QED) is 0.751. The number of nitrogens with one attached hydrogen (secondary N) is 1. The molecule has 3 aromatic heterocycles. The van der Waals surface area contributed by atoms with Gasteiger partial charge in [0.1, 0.15) is 5.82 Å². The Bertz CT molecular complexity index is 918. The normalized spacial score (nSPS) is 14.1. The van der Waals surface area contributed by atoms with Crippen molar-refractivity contribution in [1.29, 1.82) is 0 Å². The molecule has 0 aromatic carbocycles. The number of rotatable bonds is 5. The predicted molar refractivity (Wildman–Crippen MR) is 104 cm³/mol. The van der Waals surface area contributed by atoms with E-state index in [0.717, 1.165) is 41.8 Å². The summed E-state index contributed by atoms with van der Waals surface area (Å²) in [6.07, 6.45) is 6.61. The monoisotopic (exact) mass is 367 g/mol. The van der Waals surface area contributed by atoms with E-state index in [0.29, 0.717) is 6.54 Å². The van der Waals surface area contributed by atoms with Gasteiger partial charge in [0.2, 0.25) is 5.82 Å². The zero-order valence-electron chi connectivity index (χ0n) is 14.7. The highest BCUT2D eigenvalue weighted by molar-refractivity contribution is 7.11. The Morgan fingerprint density at radius 1 is 1.23 bits per heavy atom. The van der Waals surface area contributed by atoms with Crippen LogP contribution in [-0.2, 0) is 6.42 Å². The van der Waals surface area contributed by atoms with Crippen molar-refractivity contribution >= 4 is 34.0 Å². The van der Waals surface area contributed by atoms with E-state index in [-0.39, 0.29) is 11.7 Å². The van der Waals surface area contributed by atoms with Gasteiger partial charge in [0.15, 0.2) is 0 Å². The standard InChI is InChI=1S/C19H21N5OS/c1-13-16-15(12-26-13)22-17(23-18(16)24-10-2-3-11-24)19(25)21-9-6-14-4-7-20-8-5-14/h4-5,7-8,12H,2-3,6,9-11H2,1H3,(H,21,25). The van der Waals surface area contributed by atoms with E-state index in [1.807, 2.05) is 17.5 Å². The topological polar surface area (TPSA) is 71.0 Å². The van der Waals surface area contributed by atoms with Crippen molar-refractivity contribution in [3.05, 3.63) is 46.2 Å². The molecule has 4 heterocycles. The zero-order valence-corrected chi connectivity index (χ0v) is 15.6. The number of fused-ring (bicyclic) bond motifs is 1. The lowest BCUT2D eigenvalue weighted by Gasteiger charge is -2.18. The first-order valence-electron chi connectivity index (χ1n) is 8.90. The Hall–Kier alpha value is -2.54. The van der Waals surface area contributed by atoms with Gasteiger partial charge in [-0.1, -0.05) is 0 Å². The molecular weight excluding hydrogens is 346 g/mol. The van der Waals surface area contributed by atoms with Crippen LogP contribution in [0.4, 0.5) is 5.82 Å². The third kappa shape index (κ3) is 3.39. The molecule has 1 amide bonds. The molecule has 1 aliphatic rings. The van der Waals surface area contributed by atoms with Gasteiger partial charge in [0.05, 0.1) is 10.9 Å². The molecular formula is C19H21N5OS. The first kappa shape index (κ1) is 16.9. The van der Waals surface area contributed by atoms with Crippen LogP contribution in [-0.4, -0.2) is 40.5 Å². The summed E-state index contributed by atoms with van der Waals surface area (Å²) in [5.41, 5.74) is 2.01. The number of carbonyl (C=O) groups excluding carboxylic acids is 1. The maximum atomic E-state index is 12.6. The fraction of sp³-hybridized carbons (Fsp3) is 0.368. The summed E-state index contributed by atoms with van der Waals surface area (Å²) in [5.74, 6) is 0.947. The molecule has 6 nitrogen and oxygen atoms in total. The predicted octanol–water partition coefficient (Wildman–Crippen LogP) is 2.97. The Labute approximate surface area is 156 Å².